The fourth-order valence-corrected chi connectivity index (χ4v) is 4.77. The number of pyridine rings is 1. The maximum atomic E-state index is 13.4. The molecule has 1 heterocycles. The van der Waals surface area contributed by atoms with Gasteiger partial charge in [-0.05, 0) is 29.8 Å². The summed E-state index contributed by atoms with van der Waals surface area (Å²) in [5.41, 5.74) is 1.30. The lowest BCUT2D eigenvalue weighted by molar-refractivity contribution is -0.112. The number of carbonyl (C=O) groups excluding carboxylic acids is 2. The van der Waals surface area contributed by atoms with Gasteiger partial charge >= 0.3 is 0 Å². The van der Waals surface area contributed by atoms with E-state index in [1.54, 1.807) is 54.6 Å². The lowest BCUT2D eigenvalue weighted by Crippen LogP contribution is -2.53. The number of benzene rings is 3. The van der Waals surface area contributed by atoms with Gasteiger partial charge in [-0.2, -0.15) is 0 Å². The summed E-state index contributed by atoms with van der Waals surface area (Å²) in [7, 11) is -4.25. The molecule has 0 saturated carbocycles. The summed E-state index contributed by atoms with van der Waals surface area (Å²) in [5.74, 6) is -0.639. The molecule has 7 nitrogen and oxygen atoms in total. The second-order valence-corrected chi connectivity index (χ2v) is 8.99. The first-order valence-corrected chi connectivity index (χ1v) is 11.7. The Morgan fingerprint density at radius 3 is 2.27 bits per heavy atom. The summed E-state index contributed by atoms with van der Waals surface area (Å²) in [5, 5.41) is 1.52. The van der Waals surface area contributed by atoms with Crippen LogP contribution in [0.25, 0.3) is 10.9 Å². The minimum atomic E-state index is -4.25. The summed E-state index contributed by atoms with van der Waals surface area (Å²) >= 11 is 0. The van der Waals surface area contributed by atoms with Crippen molar-refractivity contribution in [2.24, 2.45) is 0 Å². The van der Waals surface area contributed by atoms with E-state index in [1.165, 1.54) is 12.3 Å². The first-order chi connectivity index (χ1) is 16.0. The lowest BCUT2D eigenvalue weighted by atomic mass is 10.1. The predicted molar refractivity (Wildman–Crippen MR) is 125 cm³/mol. The second kappa shape index (κ2) is 9.72. The number of rotatable bonds is 8. The first-order valence-electron chi connectivity index (χ1n) is 10.2. The third-order valence-corrected chi connectivity index (χ3v) is 6.47. The van der Waals surface area contributed by atoms with Gasteiger partial charge in [-0.15, -0.1) is 4.83 Å². The molecule has 3 aromatic carbocycles. The molecule has 0 radical (unpaired) electrons. The summed E-state index contributed by atoms with van der Waals surface area (Å²) in [6.45, 7) is 0. The van der Waals surface area contributed by atoms with E-state index in [2.05, 4.69) is 9.82 Å². The average Bonchev–Trinajstić information content (AvgIpc) is 2.86. The molecule has 1 unspecified atom stereocenters. The van der Waals surface area contributed by atoms with Crippen LogP contribution in [0.1, 0.15) is 15.9 Å². The third-order valence-electron chi connectivity index (χ3n) is 5.12. The molecule has 4 aromatic rings. The zero-order valence-electron chi connectivity index (χ0n) is 17.5. The number of aldehydes is 1. The molecule has 0 spiro atoms. The number of nitrogens with one attached hydrogen (secondary N) is 1. The Morgan fingerprint density at radius 2 is 1.58 bits per heavy atom. The summed E-state index contributed by atoms with van der Waals surface area (Å²) in [6.07, 6.45) is 2.20. The largest absolute Gasteiger partial charge is 0.301 e. The summed E-state index contributed by atoms with van der Waals surface area (Å²) in [6, 6.07) is 24.4. The van der Waals surface area contributed by atoms with E-state index in [0.29, 0.717) is 11.7 Å². The molecule has 1 N–H and O–H groups in total. The number of hydrazine groups is 1. The molecule has 0 bridgehead atoms. The van der Waals surface area contributed by atoms with Crippen LogP contribution in [0.3, 0.4) is 0 Å². The van der Waals surface area contributed by atoms with E-state index in [9.17, 15) is 18.0 Å². The Morgan fingerprint density at radius 1 is 0.909 bits per heavy atom. The van der Waals surface area contributed by atoms with E-state index in [4.69, 9.17) is 0 Å². The van der Waals surface area contributed by atoms with E-state index in [-0.39, 0.29) is 22.4 Å². The van der Waals surface area contributed by atoms with Crippen LogP contribution in [0.15, 0.2) is 102 Å². The molecule has 1 aromatic heterocycles. The Labute approximate surface area is 191 Å². The van der Waals surface area contributed by atoms with E-state index >= 15 is 0 Å². The van der Waals surface area contributed by atoms with Crippen molar-refractivity contribution in [3.8, 4) is 0 Å². The minimum absolute atomic E-state index is 0.0872. The molecular formula is C25H21N3O4S. The van der Waals surface area contributed by atoms with Gasteiger partial charge in [0.15, 0.2) is 0 Å². The van der Waals surface area contributed by atoms with Crippen molar-refractivity contribution in [3.63, 3.8) is 0 Å². The highest BCUT2D eigenvalue weighted by atomic mass is 32.2. The molecule has 4 rings (SSSR count). The van der Waals surface area contributed by atoms with Crippen molar-refractivity contribution >= 4 is 33.1 Å². The zero-order valence-corrected chi connectivity index (χ0v) is 18.4. The highest BCUT2D eigenvalue weighted by molar-refractivity contribution is 7.89. The number of para-hydroxylation sites is 1. The third kappa shape index (κ3) is 4.97. The molecule has 0 saturated heterocycles. The van der Waals surface area contributed by atoms with Crippen LogP contribution in [0, 0.1) is 0 Å². The van der Waals surface area contributed by atoms with Gasteiger partial charge in [0.2, 0.25) is 0 Å². The molecule has 0 aliphatic heterocycles. The molecule has 0 aliphatic rings. The van der Waals surface area contributed by atoms with Crippen LogP contribution in [0.2, 0.25) is 0 Å². The number of hydrogen-bond donors (Lipinski definition) is 1. The van der Waals surface area contributed by atoms with Crippen LogP contribution < -0.4 is 4.83 Å². The Kier molecular flexibility index (Phi) is 6.58. The van der Waals surface area contributed by atoms with Gasteiger partial charge in [-0.25, -0.2) is 13.4 Å². The van der Waals surface area contributed by atoms with E-state index in [0.717, 1.165) is 10.6 Å². The van der Waals surface area contributed by atoms with Crippen LogP contribution >= 0.6 is 0 Å². The SMILES string of the molecule is O=CC(Cc1ccccc1)N(NS(=O)(=O)c1cccc2cccnc12)C(=O)c1ccccc1. The quantitative estimate of drug-likeness (QED) is 0.322. The molecule has 166 valence electrons. The van der Waals surface area contributed by atoms with Crippen molar-refractivity contribution in [2.45, 2.75) is 17.4 Å². The summed E-state index contributed by atoms with van der Waals surface area (Å²) in [4.78, 5) is 31.9. The van der Waals surface area contributed by atoms with Crippen LogP contribution in [-0.2, 0) is 21.2 Å². The Bertz CT molecular complexity index is 1370. The molecule has 8 heteroatoms. The number of amides is 1. The minimum Gasteiger partial charge on any atom is -0.301 e. The fourth-order valence-electron chi connectivity index (χ4n) is 3.51. The monoisotopic (exact) mass is 459 g/mol. The van der Waals surface area contributed by atoms with E-state index in [1.807, 2.05) is 30.3 Å². The highest BCUT2D eigenvalue weighted by Gasteiger charge is 2.31. The molecule has 1 atom stereocenters. The lowest BCUT2D eigenvalue weighted by Gasteiger charge is -2.28. The first kappa shape index (κ1) is 22.3. The van der Waals surface area contributed by atoms with Gasteiger partial charge in [0.05, 0.1) is 5.52 Å². The molecule has 1 amide bonds. The number of sulfonamides is 1. The van der Waals surface area contributed by atoms with Crippen LogP contribution in [-0.4, -0.2) is 36.6 Å². The van der Waals surface area contributed by atoms with Crippen molar-refractivity contribution < 1.29 is 18.0 Å². The van der Waals surface area contributed by atoms with Crippen molar-refractivity contribution in [3.05, 3.63) is 108 Å². The van der Waals surface area contributed by atoms with Crippen molar-refractivity contribution in [1.82, 2.24) is 14.8 Å². The topological polar surface area (TPSA) is 96.4 Å². The van der Waals surface area contributed by atoms with Crippen LogP contribution in [0.5, 0.6) is 0 Å². The van der Waals surface area contributed by atoms with Gasteiger partial charge in [-0.3, -0.25) is 9.78 Å². The van der Waals surface area contributed by atoms with Gasteiger partial charge < -0.3 is 4.79 Å². The number of aromatic nitrogens is 1. The molecule has 0 aliphatic carbocycles. The molecular weight excluding hydrogens is 438 g/mol. The Balaban J connectivity index is 1.75. The fraction of sp³-hybridized carbons (Fsp3) is 0.0800. The van der Waals surface area contributed by atoms with E-state index < -0.39 is 22.0 Å². The highest BCUT2D eigenvalue weighted by Crippen LogP contribution is 2.22. The summed E-state index contributed by atoms with van der Waals surface area (Å²) < 4.78 is 26.8. The zero-order chi connectivity index (χ0) is 23.3. The number of hydrogen-bond acceptors (Lipinski definition) is 5. The van der Waals surface area contributed by atoms with Gasteiger partial charge in [0.25, 0.3) is 15.9 Å². The predicted octanol–water partition coefficient (Wildman–Crippen LogP) is 3.38. The molecule has 33 heavy (non-hydrogen) atoms. The number of nitrogens with zero attached hydrogens (tertiary/aromatic N) is 2. The normalized spacial score (nSPS) is 12.2. The smallest absolute Gasteiger partial charge is 0.269 e. The standard InChI is InChI=1S/C25H21N3O4S/c29-18-22(17-19-9-3-1-4-10-19)28(25(30)21-11-5-2-6-12-21)27-33(31,32)23-15-7-13-20-14-8-16-26-24(20)23/h1-16,18,22,27H,17H2. The average molecular weight is 460 g/mol. The van der Waals surface area contributed by atoms with Gasteiger partial charge in [0, 0.05) is 23.6 Å². The van der Waals surface area contributed by atoms with Crippen molar-refractivity contribution in [2.75, 3.05) is 0 Å². The maximum absolute atomic E-state index is 13.4. The second-order valence-electron chi connectivity index (χ2n) is 7.36. The molecule has 0 fully saturated rings. The van der Waals surface area contributed by atoms with Crippen molar-refractivity contribution in [1.29, 1.82) is 0 Å². The number of fused-ring (bicyclic) bond motifs is 1. The van der Waals surface area contributed by atoms with Gasteiger partial charge in [-0.1, -0.05) is 66.7 Å². The number of carbonyl (C=O) groups is 2. The van der Waals surface area contributed by atoms with Gasteiger partial charge in [0.1, 0.15) is 17.2 Å². The maximum Gasteiger partial charge on any atom is 0.269 e. The van der Waals surface area contributed by atoms with Crippen LogP contribution in [0.4, 0.5) is 0 Å². The Hall–Kier alpha value is -3.88.